The van der Waals surface area contributed by atoms with Crippen LogP contribution in [-0.2, 0) is 4.79 Å². The van der Waals surface area contributed by atoms with Crippen LogP contribution in [0.5, 0.6) is 0 Å². The summed E-state index contributed by atoms with van der Waals surface area (Å²) in [7, 11) is 0. The monoisotopic (exact) mass is 429 g/mol. The molecule has 32 heavy (non-hydrogen) atoms. The van der Waals surface area contributed by atoms with Gasteiger partial charge in [-0.05, 0) is 30.2 Å². The molecule has 0 bridgehead atoms. The summed E-state index contributed by atoms with van der Waals surface area (Å²) in [6.45, 7) is 6.95. The highest BCUT2D eigenvalue weighted by Crippen LogP contribution is 2.24. The molecule has 0 saturated carbocycles. The van der Waals surface area contributed by atoms with Crippen molar-refractivity contribution in [2.24, 2.45) is 0 Å². The Morgan fingerprint density at radius 1 is 1.19 bits per heavy atom. The number of carbonyl (C=O) groups excluding carboxylic acids is 1. The van der Waals surface area contributed by atoms with Crippen LogP contribution < -0.4 is 10.2 Å². The molecule has 164 valence electrons. The minimum Gasteiger partial charge on any atom is -0.348 e. The van der Waals surface area contributed by atoms with Gasteiger partial charge in [0.1, 0.15) is 6.33 Å². The Balaban J connectivity index is 1.22. The molecule has 1 amide bonds. The Kier molecular flexibility index (Phi) is 5.45. The zero-order chi connectivity index (χ0) is 22.1. The molecular formula is C24H27N7O. The van der Waals surface area contributed by atoms with Crippen LogP contribution in [0.4, 0.5) is 5.82 Å². The standard InChI is InChI=1S/C24H27N7O/c1-17-14-29(12-13-31(17)23-24-28-26-16-30(24)11-10-25-23)15-22(32)27-18(2)20-9-5-7-19-6-3-4-8-21(19)20/h3-11,16-18H,12-15H2,1-2H3,(H,27,32). The molecule has 8 heteroatoms. The number of amides is 1. The molecule has 1 aliphatic rings. The van der Waals surface area contributed by atoms with Gasteiger partial charge in [-0.25, -0.2) is 4.98 Å². The molecule has 0 radical (unpaired) electrons. The number of anilines is 1. The first kappa shape index (κ1) is 20.4. The van der Waals surface area contributed by atoms with E-state index >= 15 is 0 Å². The molecule has 3 heterocycles. The van der Waals surface area contributed by atoms with Crippen molar-refractivity contribution in [3.8, 4) is 0 Å². The third kappa shape index (κ3) is 3.89. The van der Waals surface area contributed by atoms with Crippen LogP contribution in [0.2, 0.25) is 0 Å². The maximum Gasteiger partial charge on any atom is 0.234 e. The van der Waals surface area contributed by atoms with Crippen molar-refractivity contribution in [3.63, 3.8) is 0 Å². The molecule has 5 rings (SSSR count). The molecule has 2 unspecified atom stereocenters. The lowest BCUT2D eigenvalue weighted by atomic mass is 10.00. The highest BCUT2D eigenvalue weighted by Gasteiger charge is 2.28. The first-order valence-corrected chi connectivity index (χ1v) is 11.0. The Bertz CT molecular complexity index is 1250. The second kappa shape index (κ2) is 8.55. The van der Waals surface area contributed by atoms with Crippen molar-refractivity contribution >= 4 is 28.1 Å². The molecule has 1 aliphatic heterocycles. The zero-order valence-corrected chi connectivity index (χ0v) is 18.3. The molecule has 4 aromatic rings. The fourth-order valence-corrected chi connectivity index (χ4v) is 4.64. The zero-order valence-electron chi connectivity index (χ0n) is 18.3. The van der Waals surface area contributed by atoms with Crippen LogP contribution in [0.3, 0.4) is 0 Å². The topological polar surface area (TPSA) is 78.7 Å². The van der Waals surface area contributed by atoms with Crippen LogP contribution in [0, 0.1) is 0 Å². The predicted octanol–water partition coefficient (Wildman–Crippen LogP) is 2.67. The van der Waals surface area contributed by atoms with Gasteiger partial charge >= 0.3 is 0 Å². The number of fused-ring (bicyclic) bond motifs is 2. The van der Waals surface area contributed by atoms with Crippen molar-refractivity contribution in [3.05, 3.63) is 66.7 Å². The van der Waals surface area contributed by atoms with Gasteiger partial charge < -0.3 is 10.2 Å². The smallest absolute Gasteiger partial charge is 0.234 e. The molecule has 2 aromatic carbocycles. The average molecular weight is 430 g/mol. The number of piperazine rings is 1. The van der Waals surface area contributed by atoms with Gasteiger partial charge in [0.25, 0.3) is 0 Å². The molecule has 0 spiro atoms. The maximum atomic E-state index is 12.8. The Morgan fingerprint density at radius 3 is 2.91 bits per heavy atom. The number of nitrogens with one attached hydrogen (secondary N) is 1. The molecule has 2 aromatic heterocycles. The third-order valence-electron chi connectivity index (χ3n) is 6.22. The summed E-state index contributed by atoms with van der Waals surface area (Å²) in [5.41, 5.74) is 1.90. The summed E-state index contributed by atoms with van der Waals surface area (Å²) in [5.74, 6) is 0.884. The SMILES string of the molecule is CC(NC(=O)CN1CCN(c2nccn3cnnc23)C(C)C1)c1cccc2ccccc12. The summed E-state index contributed by atoms with van der Waals surface area (Å²) in [6, 6.07) is 14.7. The minimum absolute atomic E-state index is 0.0452. The Morgan fingerprint density at radius 2 is 2.03 bits per heavy atom. The molecule has 1 N–H and O–H groups in total. The fourth-order valence-electron chi connectivity index (χ4n) is 4.64. The number of benzene rings is 2. The number of rotatable bonds is 5. The molecule has 1 fully saturated rings. The summed E-state index contributed by atoms with van der Waals surface area (Å²) in [4.78, 5) is 21.8. The number of hydrogen-bond donors (Lipinski definition) is 1. The number of carbonyl (C=O) groups is 1. The summed E-state index contributed by atoms with van der Waals surface area (Å²) >= 11 is 0. The van der Waals surface area contributed by atoms with Gasteiger partial charge in [0.15, 0.2) is 5.82 Å². The van der Waals surface area contributed by atoms with Gasteiger partial charge in [0.2, 0.25) is 11.6 Å². The normalized spacial score (nSPS) is 18.2. The van der Waals surface area contributed by atoms with Gasteiger partial charge in [0, 0.05) is 38.1 Å². The van der Waals surface area contributed by atoms with Gasteiger partial charge in [-0.1, -0.05) is 42.5 Å². The molecule has 8 nitrogen and oxygen atoms in total. The molecule has 1 saturated heterocycles. The number of nitrogens with zero attached hydrogens (tertiary/aromatic N) is 6. The lowest BCUT2D eigenvalue weighted by Gasteiger charge is -2.40. The first-order valence-electron chi connectivity index (χ1n) is 11.0. The molecule has 2 atom stereocenters. The number of hydrogen-bond acceptors (Lipinski definition) is 6. The van der Waals surface area contributed by atoms with Gasteiger partial charge in [-0.2, -0.15) is 0 Å². The Labute approximate surface area is 186 Å². The van der Waals surface area contributed by atoms with E-state index in [0.717, 1.165) is 36.7 Å². The third-order valence-corrected chi connectivity index (χ3v) is 6.22. The van der Waals surface area contributed by atoms with Crippen molar-refractivity contribution in [1.29, 1.82) is 0 Å². The second-order valence-electron chi connectivity index (χ2n) is 8.45. The van der Waals surface area contributed by atoms with E-state index in [0.29, 0.717) is 6.54 Å². The highest BCUT2D eigenvalue weighted by molar-refractivity contribution is 5.87. The first-order chi connectivity index (χ1) is 15.6. The van der Waals surface area contributed by atoms with Crippen LogP contribution in [0.1, 0.15) is 25.5 Å². The van der Waals surface area contributed by atoms with Crippen molar-refractivity contribution in [2.75, 3.05) is 31.1 Å². The highest BCUT2D eigenvalue weighted by atomic mass is 16.2. The van der Waals surface area contributed by atoms with Gasteiger partial charge in [-0.15, -0.1) is 10.2 Å². The van der Waals surface area contributed by atoms with Crippen LogP contribution in [0.15, 0.2) is 61.2 Å². The lowest BCUT2D eigenvalue weighted by Crippen LogP contribution is -2.54. The fraction of sp³-hybridized carbons (Fsp3) is 0.333. The quantitative estimate of drug-likeness (QED) is 0.526. The lowest BCUT2D eigenvalue weighted by molar-refractivity contribution is -0.123. The van der Waals surface area contributed by atoms with Crippen LogP contribution >= 0.6 is 0 Å². The van der Waals surface area contributed by atoms with Crippen LogP contribution in [0.25, 0.3) is 16.4 Å². The molecular weight excluding hydrogens is 402 g/mol. The van der Waals surface area contributed by atoms with Gasteiger partial charge in [-0.3, -0.25) is 14.1 Å². The maximum absolute atomic E-state index is 12.8. The van der Waals surface area contributed by atoms with E-state index in [9.17, 15) is 4.79 Å². The van der Waals surface area contributed by atoms with E-state index in [1.54, 1.807) is 12.5 Å². The van der Waals surface area contributed by atoms with E-state index in [2.05, 4.69) is 61.5 Å². The van der Waals surface area contributed by atoms with E-state index in [1.807, 2.05) is 35.7 Å². The van der Waals surface area contributed by atoms with E-state index in [1.165, 1.54) is 10.8 Å². The second-order valence-corrected chi connectivity index (χ2v) is 8.45. The van der Waals surface area contributed by atoms with Crippen molar-refractivity contribution in [2.45, 2.75) is 25.9 Å². The largest absolute Gasteiger partial charge is 0.348 e. The predicted molar refractivity (Wildman–Crippen MR) is 125 cm³/mol. The average Bonchev–Trinajstić information content (AvgIpc) is 3.28. The van der Waals surface area contributed by atoms with E-state index in [-0.39, 0.29) is 18.0 Å². The summed E-state index contributed by atoms with van der Waals surface area (Å²) in [5, 5.41) is 13.8. The van der Waals surface area contributed by atoms with E-state index < -0.39 is 0 Å². The minimum atomic E-state index is -0.0537. The van der Waals surface area contributed by atoms with Crippen LogP contribution in [-0.4, -0.2) is 62.6 Å². The van der Waals surface area contributed by atoms with E-state index in [4.69, 9.17) is 0 Å². The van der Waals surface area contributed by atoms with Gasteiger partial charge in [0.05, 0.1) is 12.6 Å². The Hall–Kier alpha value is -3.52. The van der Waals surface area contributed by atoms with Crippen molar-refractivity contribution < 1.29 is 4.79 Å². The summed E-state index contributed by atoms with van der Waals surface area (Å²) < 4.78 is 1.88. The summed E-state index contributed by atoms with van der Waals surface area (Å²) in [6.07, 6.45) is 5.30. The van der Waals surface area contributed by atoms with Crippen molar-refractivity contribution in [1.82, 2.24) is 29.8 Å². The molecule has 0 aliphatic carbocycles. The number of aromatic nitrogens is 4.